The largest absolute Gasteiger partial charge is 0.344 e. The number of nitrogens with one attached hydrogen (secondary N) is 3. The molecule has 0 radical (unpaired) electrons. The number of nitrogens with zero attached hydrogens (tertiary/aromatic N) is 1. The maximum atomic E-state index is 12.4. The van der Waals surface area contributed by atoms with Crippen molar-refractivity contribution in [3.63, 3.8) is 0 Å². The molecular formula is C18H22N4O3S. The van der Waals surface area contributed by atoms with Crippen molar-refractivity contribution in [3.8, 4) is 10.6 Å². The highest BCUT2D eigenvalue weighted by atomic mass is 32.1. The number of rotatable bonds is 5. The number of thiazole rings is 1. The molecule has 0 aliphatic heterocycles. The number of hydrazine groups is 1. The maximum absolute atomic E-state index is 12.4. The van der Waals surface area contributed by atoms with Gasteiger partial charge in [-0.05, 0) is 12.8 Å². The van der Waals surface area contributed by atoms with Crippen LogP contribution in [0, 0.1) is 12.8 Å². The predicted molar refractivity (Wildman–Crippen MR) is 100 cm³/mol. The second kappa shape index (κ2) is 8.57. The normalized spacial score (nSPS) is 11.7. The zero-order valence-electron chi connectivity index (χ0n) is 15.1. The quantitative estimate of drug-likeness (QED) is 0.697. The number of hydrogen-bond donors (Lipinski definition) is 3. The molecule has 7 nitrogen and oxygen atoms in total. The van der Waals surface area contributed by atoms with Crippen LogP contribution in [0.3, 0.4) is 0 Å². The van der Waals surface area contributed by atoms with Crippen LogP contribution in [-0.2, 0) is 9.59 Å². The minimum absolute atomic E-state index is 0.120. The van der Waals surface area contributed by atoms with Crippen LogP contribution in [0.15, 0.2) is 30.3 Å². The van der Waals surface area contributed by atoms with E-state index < -0.39 is 17.9 Å². The van der Waals surface area contributed by atoms with Gasteiger partial charge in [0.2, 0.25) is 5.91 Å². The monoisotopic (exact) mass is 374 g/mol. The Labute approximate surface area is 156 Å². The summed E-state index contributed by atoms with van der Waals surface area (Å²) in [5.41, 5.74) is 6.27. The molecule has 0 spiro atoms. The first-order valence-corrected chi connectivity index (χ1v) is 9.01. The van der Waals surface area contributed by atoms with Crippen LogP contribution >= 0.6 is 11.3 Å². The lowest BCUT2D eigenvalue weighted by molar-refractivity contribution is -0.129. The Kier molecular flexibility index (Phi) is 6.46. The van der Waals surface area contributed by atoms with Crippen LogP contribution in [0.1, 0.15) is 36.1 Å². The van der Waals surface area contributed by atoms with Gasteiger partial charge in [-0.25, -0.2) is 4.98 Å². The fourth-order valence-corrected chi connectivity index (χ4v) is 3.29. The molecule has 1 heterocycles. The van der Waals surface area contributed by atoms with Crippen molar-refractivity contribution in [2.45, 2.75) is 33.7 Å². The molecule has 3 N–H and O–H groups in total. The lowest BCUT2D eigenvalue weighted by Crippen LogP contribution is -2.54. The van der Waals surface area contributed by atoms with Crippen molar-refractivity contribution < 1.29 is 14.4 Å². The molecule has 26 heavy (non-hydrogen) atoms. The average molecular weight is 374 g/mol. The van der Waals surface area contributed by atoms with E-state index in [4.69, 9.17) is 0 Å². The molecule has 0 aliphatic carbocycles. The number of aromatic nitrogens is 1. The van der Waals surface area contributed by atoms with Crippen molar-refractivity contribution in [1.82, 2.24) is 21.2 Å². The number of aryl methyl sites for hydroxylation is 1. The van der Waals surface area contributed by atoms with Crippen LogP contribution in [0.5, 0.6) is 0 Å². The molecule has 1 aromatic carbocycles. The molecule has 138 valence electrons. The summed E-state index contributed by atoms with van der Waals surface area (Å²) in [4.78, 5) is 40.7. The van der Waals surface area contributed by atoms with E-state index in [1.165, 1.54) is 18.3 Å². The number of carbonyl (C=O) groups excluding carboxylic acids is 3. The predicted octanol–water partition coefficient (Wildman–Crippen LogP) is 2.04. The standard InChI is InChI=1S/C18H22N4O3S/c1-10(2)14(20-12(4)23)16(24)21-22-17(25)15-11(3)19-18(26-15)13-8-6-5-7-9-13/h5-10,14H,1-4H3,(H,20,23)(H,21,24)(H,22,25)/t14-/m1/s1. The highest BCUT2D eigenvalue weighted by Gasteiger charge is 2.24. The third kappa shape index (κ3) is 4.89. The minimum atomic E-state index is -0.727. The van der Waals surface area contributed by atoms with Gasteiger partial charge in [0.15, 0.2) is 0 Å². The van der Waals surface area contributed by atoms with Crippen LogP contribution in [0.4, 0.5) is 0 Å². The third-order valence-electron chi connectivity index (χ3n) is 3.63. The molecule has 0 fully saturated rings. The van der Waals surface area contributed by atoms with Crippen LogP contribution in [0.25, 0.3) is 10.6 Å². The topological polar surface area (TPSA) is 100 Å². The minimum Gasteiger partial charge on any atom is -0.344 e. The van der Waals surface area contributed by atoms with E-state index in [-0.39, 0.29) is 11.8 Å². The summed E-state index contributed by atoms with van der Waals surface area (Å²) in [7, 11) is 0. The molecular weight excluding hydrogens is 352 g/mol. The molecule has 1 aromatic heterocycles. The number of carbonyl (C=O) groups is 3. The van der Waals surface area contributed by atoms with Crippen molar-refractivity contribution in [2.75, 3.05) is 0 Å². The summed E-state index contributed by atoms with van der Waals surface area (Å²) in [6.45, 7) is 6.70. The molecule has 8 heteroatoms. The first kappa shape index (κ1) is 19.6. The maximum Gasteiger partial charge on any atom is 0.281 e. The van der Waals surface area contributed by atoms with E-state index in [1.807, 2.05) is 44.2 Å². The Balaban J connectivity index is 2.05. The van der Waals surface area contributed by atoms with Gasteiger partial charge in [-0.1, -0.05) is 44.2 Å². The molecule has 0 saturated heterocycles. The van der Waals surface area contributed by atoms with E-state index in [0.717, 1.165) is 10.6 Å². The van der Waals surface area contributed by atoms with Gasteiger partial charge in [-0.15, -0.1) is 11.3 Å². The van der Waals surface area contributed by atoms with E-state index in [0.29, 0.717) is 10.6 Å². The van der Waals surface area contributed by atoms with E-state index >= 15 is 0 Å². The van der Waals surface area contributed by atoms with Crippen molar-refractivity contribution >= 4 is 29.1 Å². The third-order valence-corrected chi connectivity index (χ3v) is 4.84. The zero-order chi connectivity index (χ0) is 19.3. The molecule has 3 amide bonds. The van der Waals surface area contributed by atoms with Crippen molar-refractivity contribution in [3.05, 3.63) is 40.9 Å². The summed E-state index contributed by atoms with van der Waals surface area (Å²) in [6, 6.07) is 8.83. The van der Waals surface area contributed by atoms with Gasteiger partial charge in [0, 0.05) is 12.5 Å². The van der Waals surface area contributed by atoms with E-state index in [9.17, 15) is 14.4 Å². The van der Waals surface area contributed by atoms with Crippen molar-refractivity contribution in [2.24, 2.45) is 5.92 Å². The first-order chi connectivity index (χ1) is 12.3. The smallest absolute Gasteiger partial charge is 0.281 e. The molecule has 1 atom stereocenters. The summed E-state index contributed by atoms with van der Waals surface area (Å²) in [5.74, 6) is -1.35. The van der Waals surface area contributed by atoms with Gasteiger partial charge < -0.3 is 5.32 Å². The molecule has 0 bridgehead atoms. The van der Waals surface area contributed by atoms with Crippen LogP contribution in [-0.4, -0.2) is 28.7 Å². The van der Waals surface area contributed by atoms with Crippen LogP contribution < -0.4 is 16.2 Å². The van der Waals surface area contributed by atoms with Gasteiger partial charge in [0.05, 0.1) is 5.69 Å². The second-order valence-electron chi connectivity index (χ2n) is 6.17. The molecule has 0 unspecified atom stereocenters. The number of benzene rings is 1. The van der Waals surface area contributed by atoms with Gasteiger partial charge in [-0.2, -0.15) is 0 Å². The Bertz CT molecular complexity index is 802. The summed E-state index contributed by atoms with van der Waals surface area (Å²) in [6.07, 6.45) is 0. The van der Waals surface area contributed by atoms with Gasteiger partial charge in [0.1, 0.15) is 15.9 Å². The Morgan fingerprint density at radius 1 is 1.08 bits per heavy atom. The molecule has 0 saturated carbocycles. The highest BCUT2D eigenvalue weighted by molar-refractivity contribution is 7.17. The molecule has 2 rings (SSSR count). The Morgan fingerprint density at radius 2 is 1.73 bits per heavy atom. The summed E-state index contributed by atoms with van der Waals surface area (Å²) < 4.78 is 0. The van der Waals surface area contributed by atoms with Crippen LogP contribution in [0.2, 0.25) is 0 Å². The molecule has 0 aliphatic rings. The first-order valence-electron chi connectivity index (χ1n) is 8.19. The van der Waals surface area contributed by atoms with Gasteiger partial charge in [-0.3, -0.25) is 25.2 Å². The van der Waals surface area contributed by atoms with Gasteiger partial charge >= 0.3 is 0 Å². The van der Waals surface area contributed by atoms with Crippen molar-refractivity contribution in [1.29, 1.82) is 0 Å². The Morgan fingerprint density at radius 3 is 2.31 bits per heavy atom. The fraction of sp³-hybridized carbons (Fsp3) is 0.333. The second-order valence-corrected chi connectivity index (χ2v) is 7.16. The Hall–Kier alpha value is -2.74. The molecule has 2 aromatic rings. The summed E-state index contributed by atoms with van der Waals surface area (Å²) >= 11 is 1.25. The highest BCUT2D eigenvalue weighted by Crippen LogP contribution is 2.27. The summed E-state index contributed by atoms with van der Waals surface area (Å²) in [5, 5.41) is 3.30. The van der Waals surface area contributed by atoms with E-state index in [1.54, 1.807) is 6.92 Å². The zero-order valence-corrected chi connectivity index (χ0v) is 15.9. The number of hydrogen-bond acceptors (Lipinski definition) is 5. The lowest BCUT2D eigenvalue weighted by Gasteiger charge is -2.20. The lowest BCUT2D eigenvalue weighted by atomic mass is 10.0. The average Bonchev–Trinajstić information content (AvgIpc) is 2.99. The van der Waals surface area contributed by atoms with Gasteiger partial charge in [0.25, 0.3) is 11.8 Å². The number of amides is 3. The fourth-order valence-electron chi connectivity index (χ4n) is 2.32. The van der Waals surface area contributed by atoms with E-state index in [2.05, 4.69) is 21.2 Å². The SMILES string of the molecule is CC(=O)N[C@@H](C(=O)NNC(=O)c1sc(-c2ccccc2)nc1C)C(C)C.